The number of carbonyl (C=O) groups is 1. The van der Waals surface area contributed by atoms with E-state index in [4.69, 9.17) is 11.6 Å². The van der Waals surface area contributed by atoms with Crippen molar-refractivity contribution in [2.24, 2.45) is 0 Å². The van der Waals surface area contributed by atoms with Gasteiger partial charge in [0.05, 0.1) is 0 Å². The molecule has 1 saturated heterocycles. The van der Waals surface area contributed by atoms with Gasteiger partial charge in [0.15, 0.2) is 0 Å². The van der Waals surface area contributed by atoms with Crippen molar-refractivity contribution in [3.05, 3.63) is 74.7 Å². The van der Waals surface area contributed by atoms with Crippen molar-refractivity contribution in [2.45, 2.75) is 32.2 Å². The molecule has 0 spiro atoms. The molecule has 1 aromatic carbocycles. The first-order valence-corrected chi connectivity index (χ1v) is 8.44. The number of rotatable bonds is 4. The molecular formula is C19H19ClN2O2. The average Bonchev–Trinajstić information content (AvgIpc) is 3.00. The van der Waals surface area contributed by atoms with Gasteiger partial charge in [-0.3, -0.25) is 9.59 Å². The summed E-state index contributed by atoms with van der Waals surface area (Å²) < 4.78 is 0. The van der Waals surface area contributed by atoms with Crippen molar-refractivity contribution in [3.8, 4) is 0 Å². The molecule has 0 saturated carbocycles. The van der Waals surface area contributed by atoms with Crippen LogP contribution in [0.1, 0.15) is 36.6 Å². The number of aromatic amines is 1. The molecule has 0 bridgehead atoms. The fraction of sp³-hybridized carbons (Fsp3) is 0.263. The molecule has 24 heavy (non-hydrogen) atoms. The van der Waals surface area contributed by atoms with Gasteiger partial charge in [-0.25, -0.2) is 0 Å². The molecule has 2 N–H and O–H groups in total. The van der Waals surface area contributed by atoms with Crippen LogP contribution in [-0.4, -0.2) is 16.9 Å². The zero-order valence-electron chi connectivity index (χ0n) is 13.4. The fourth-order valence-corrected chi connectivity index (χ4v) is 2.95. The minimum atomic E-state index is -0.319. The van der Waals surface area contributed by atoms with Crippen LogP contribution in [-0.2, 0) is 11.2 Å². The van der Waals surface area contributed by atoms with E-state index in [1.165, 1.54) is 5.56 Å². The summed E-state index contributed by atoms with van der Waals surface area (Å²) in [4.78, 5) is 26.2. The van der Waals surface area contributed by atoms with Gasteiger partial charge in [0.1, 0.15) is 5.02 Å². The van der Waals surface area contributed by atoms with E-state index >= 15 is 0 Å². The Morgan fingerprint density at radius 2 is 1.96 bits per heavy atom. The van der Waals surface area contributed by atoms with E-state index in [1.807, 2.05) is 18.2 Å². The first kappa shape index (κ1) is 16.5. The van der Waals surface area contributed by atoms with Crippen LogP contribution in [0.4, 0.5) is 0 Å². The highest BCUT2D eigenvalue weighted by atomic mass is 35.5. The second kappa shape index (κ2) is 7.05. The number of carbonyl (C=O) groups excluding carboxylic acids is 1. The van der Waals surface area contributed by atoms with Gasteiger partial charge >= 0.3 is 0 Å². The van der Waals surface area contributed by atoms with Crippen molar-refractivity contribution in [3.63, 3.8) is 0 Å². The number of pyridine rings is 1. The number of hydrogen-bond donors (Lipinski definition) is 2. The third-order valence-corrected chi connectivity index (χ3v) is 4.52. The summed E-state index contributed by atoms with van der Waals surface area (Å²) in [7, 11) is 0. The number of hydrogen-bond acceptors (Lipinski definition) is 2. The molecule has 0 aliphatic carbocycles. The van der Waals surface area contributed by atoms with Crippen molar-refractivity contribution in [1.82, 2.24) is 10.3 Å². The first-order chi connectivity index (χ1) is 11.6. The SMILES string of the molecule is CCc1ccc(/C(=C\[C@H]2CCC(=O)N2)c2ccc(Cl)c(=O)[nH]2)cc1. The maximum absolute atomic E-state index is 11.9. The lowest BCUT2D eigenvalue weighted by Crippen LogP contribution is -2.23. The zero-order valence-corrected chi connectivity index (χ0v) is 14.2. The maximum atomic E-state index is 11.9. The summed E-state index contributed by atoms with van der Waals surface area (Å²) in [6.45, 7) is 2.11. The molecule has 1 atom stereocenters. The highest BCUT2D eigenvalue weighted by Gasteiger charge is 2.20. The molecule has 1 aromatic heterocycles. The molecule has 1 amide bonds. The Morgan fingerprint density at radius 1 is 1.21 bits per heavy atom. The lowest BCUT2D eigenvalue weighted by molar-refractivity contribution is -0.119. The molecule has 4 nitrogen and oxygen atoms in total. The highest BCUT2D eigenvalue weighted by Crippen LogP contribution is 2.25. The van der Waals surface area contributed by atoms with Gasteiger partial charge in [-0.15, -0.1) is 0 Å². The van der Waals surface area contributed by atoms with Crippen LogP contribution in [0.2, 0.25) is 5.02 Å². The van der Waals surface area contributed by atoms with Gasteiger partial charge in [-0.2, -0.15) is 0 Å². The summed E-state index contributed by atoms with van der Waals surface area (Å²) in [5.74, 6) is 0.0570. The largest absolute Gasteiger partial charge is 0.350 e. The quantitative estimate of drug-likeness (QED) is 0.895. The Kier molecular flexibility index (Phi) is 4.86. The number of aryl methyl sites for hydroxylation is 1. The van der Waals surface area contributed by atoms with E-state index in [-0.39, 0.29) is 22.5 Å². The second-order valence-corrected chi connectivity index (χ2v) is 6.30. The molecule has 2 heterocycles. The molecule has 1 aliphatic heterocycles. The van der Waals surface area contributed by atoms with E-state index in [9.17, 15) is 9.59 Å². The minimum Gasteiger partial charge on any atom is -0.350 e. The van der Waals surface area contributed by atoms with E-state index in [0.717, 1.165) is 24.0 Å². The molecular weight excluding hydrogens is 324 g/mol. The summed E-state index contributed by atoms with van der Waals surface area (Å²) in [6.07, 6.45) is 4.26. The molecule has 1 aliphatic rings. The predicted molar refractivity (Wildman–Crippen MR) is 96.1 cm³/mol. The number of nitrogens with one attached hydrogen (secondary N) is 2. The molecule has 0 radical (unpaired) electrons. The van der Waals surface area contributed by atoms with Crippen molar-refractivity contribution in [1.29, 1.82) is 0 Å². The van der Waals surface area contributed by atoms with Crippen LogP contribution in [0, 0.1) is 0 Å². The summed E-state index contributed by atoms with van der Waals surface area (Å²) in [6, 6.07) is 11.6. The zero-order chi connectivity index (χ0) is 17.1. The minimum absolute atomic E-state index is 0.0301. The molecule has 2 aromatic rings. The smallest absolute Gasteiger partial charge is 0.267 e. The summed E-state index contributed by atoms with van der Waals surface area (Å²) in [5, 5.41) is 3.10. The van der Waals surface area contributed by atoms with Gasteiger partial charge in [0.25, 0.3) is 5.56 Å². The first-order valence-electron chi connectivity index (χ1n) is 8.06. The normalized spacial score (nSPS) is 17.8. The van der Waals surface area contributed by atoms with Crippen LogP contribution in [0.25, 0.3) is 5.57 Å². The van der Waals surface area contributed by atoms with Crippen LogP contribution in [0.3, 0.4) is 0 Å². The molecule has 124 valence electrons. The Hall–Kier alpha value is -2.33. The number of benzene rings is 1. The third kappa shape index (κ3) is 3.60. The van der Waals surface area contributed by atoms with Crippen LogP contribution < -0.4 is 10.9 Å². The van der Waals surface area contributed by atoms with E-state index < -0.39 is 0 Å². The van der Waals surface area contributed by atoms with Crippen LogP contribution >= 0.6 is 11.6 Å². The Bertz CT molecular complexity index is 837. The average molecular weight is 343 g/mol. The maximum Gasteiger partial charge on any atom is 0.267 e. The lowest BCUT2D eigenvalue weighted by Gasteiger charge is -2.13. The Balaban J connectivity index is 2.05. The number of halogens is 1. The van der Waals surface area contributed by atoms with Crippen LogP contribution in [0.5, 0.6) is 0 Å². The van der Waals surface area contributed by atoms with Crippen molar-refractivity contribution >= 4 is 23.1 Å². The molecule has 3 rings (SSSR count). The Morgan fingerprint density at radius 3 is 2.54 bits per heavy atom. The topological polar surface area (TPSA) is 62.0 Å². The standard InChI is InChI=1S/C19H19ClN2O2/c1-2-12-3-5-13(6-4-12)15(11-14-7-10-18(23)21-14)17-9-8-16(20)19(24)22-17/h3-6,8-9,11,14H,2,7,10H2,1H3,(H,21,23)(H,22,24)/b15-11+/t14-/m1/s1. The van der Waals surface area contributed by atoms with E-state index in [2.05, 4.69) is 29.4 Å². The number of aromatic nitrogens is 1. The summed E-state index contributed by atoms with van der Waals surface area (Å²) in [5.41, 5.74) is 3.50. The number of amides is 1. The van der Waals surface area contributed by atoms with Gasteiger partial charge in [0, 0.05) is 23.7 Å². The van der Waals surface area contributed by atoms with Gasteiger partial charge in [-0.05, 0) is 36.1 Å². The van der Waals surface area contributed by atoms with E-state index in [0.29, 0.717) is 12.1 Å². The molecule has 1 fully saturated rings. The molecule has 5 heteroatoms. The number of H-pyrrole nitrogens is 1. The van der Waals surface area contributed by atoms with Gasteiger partial charge in [0.2, 0.25) is 5.91 Å². The third-order valence-electron chi connectivity index (χ3n) is 4.22. The monoisotopic (exact) mass is 342 g/mol. The second-order valence-electron chi connectivity index (χ2n) is 5.89. The lowest BCUT2D eigenvalue weighted by atomic mass is 9.97. The highest BCUT2D eigenvalue weighted by molar-refractivity contribution is 6.30. The molecule has 0 unspecified atom stereocenters. The van der Waals surface area contributed by atoms with Crippen LogP contribution in [0.15, 0.2) is 47.3 Å². The predicted octanol–water partition coefficient (Wildman–Crippen LogP) is 3.30. The Labute approximate surface area is 145 Å². The van der Waals surface area contributed by atoms with Crippen molar-refractivity contribution in [2.75, 3.05) is 0 Å². The fourth-order valence-electron chi connectivity index (χ4n) is 2.84. The van der Waals surface area contributed by atoms with Crippen molar-refractivity contribution < 1.29 is 4.79 Å². The van der Waals surface area contributed by atoms with Gasteiger partial charge in [-0.1, -0.05) is 48.9 Å². The van der Waals surface area contributed by atoms with E-state index in [1.54, 1.807) is 12.1 Å². The van der Waals surface area contributed by atoms with Gasteiger partial charge < -0.3 is 10.3 Å². The summed E-state index contributed by atoms with van der Waals surface area (Å²) >= 11 is 5.84.